The van der Waals surface area contributed by atoms with E-state index in [0.717, 1.165) is 6.20 Å². The highest BCUT2D eigenvalue weighted by Crippen LogP contribution is 2.16. The molecule has 0 fully saturated rings. The van der Waals surface area contributed by atoms with Crippen LogP contribution >= 0.6 is 0 Å². The second kappa shape index (κ2) is 5.16. The van der Waals surface area contributed by atoms with Crippen LogP contribution in [0, 0.1) is 24.0 Å². The molecule has 0 unspecified atom stereocenters. The van der Waals surface area contributed by atoms with Crippen molar-refractivity contribution in [2.24, 2.45) is 0 Å². The SMILES string of the molecule is Cc1cc(C)nc(C(=O)[C@H](C)n2cc([N+](=O)[O-])cn2)n1. The lowest BCUT2D eigenvalue weighted by atomic mass is 10.2. The number of nitro groups is 1. The molecule has 2 heterocycles. The molecule has 0 aromatic carbocycles. The average Bonchev–Trinajstić information content (AvgIpc) is 2.85. The summed E-state index contributed by atoms with van der Waals surface area (Å²) in [6.07, 6.45) is 2.32. The van der Waals surface area contributed by atoms with Crippen molar-refractivity contribution in [3.63, 3.8) is 0 Å². The summed E-state index contributed by atoms with van der Waals surface area (Å²) in [5.74, 6) is -0.247. The van der Waals surface area contributed by atoms with E-state index in [1.54, 1.807) is 26.8 Å². The summed E-state index contributed by atoms with van der Waals surface area (Å²) in [5, 5.41) is 14.4. The van der Waals surface area contributed by atoms with Crippen LogP contribution < -0.4 is 0 Å². The molecule has 2 aromatic rings. The van der Waals surface area contributed by atoms with Crippen molar-refractivity contribution in [3.8, 4) is 0 Å². The van der Waals surface area contributed by atoms with Crippen molar-refractivity contribution in [2.45, 2.75) is 26.8 Å². The number of aromatic nitrogens is 4. The van der Waals surface area contributed by atoms with Gasteiger partial charge in [-0.2, -0.15) is 5.10 Å². The van der Waals surface area contributed by atoms with Crippen LogP contribution in [0.5, 0.6) is 0 Å². The van der Waals surface area contributed by atoms with Crippen LogP contribution in [-0.2, 0) is 0 Å². The summed E-state index contributed by atoms with van der Waals surface area (Å²) < 4.78 is 1.24. The van der Waals surface area contributed by atoms with Crippen molar-refractivity contribution >= 4 is 11.5 Å². The zero-order valence-electron chi connectivity index (χ0n) is 11.3. The van der Waals surface area contributed by atoms with Gasteiger partial charge in [0, 0.05) is 11.4 Å². The Kier molecular flexibility index (Phi) is 3.55. The maximum atomic E-state index is 12.3. The average molecular weight is 275 g/mol. The van der Waals surface area contributed by atoms with Gasteiger partial charge in [-0.15, -0.1) is 0 Å². The standard InChI is InChI=1S/C12H13N5O3/c1-7-4-8(2)15-12(14-7)11(18)9(3)16-6-10(5-13-16)17(19)20/h4-6,9H,1-3H3/t9-/m0/s1. The molecule has 0 bridgehead atoms. The molecule has 2 aromatic heterocycles. The van der Waals surface area contributed by atoms with Gasteiger partial charge in [0.05, 0.1) is 4.92 Å². The smallest absolute Gasteiger partial charge is 0.288 e. The molecular formula is C12H13N5O3. The molecule has 0 aliphatic carbocycles. The van der Waals surface area contributed by atoms with Gasteiger partial charge in [-0.1, -0.05) is 0 Å². The fourth-order valence-electron chi connectivity index (χ4n) is 1.78. The Bertz CT molecular complexity index is 659. The summed E-state index contributed by atoms with van der Waals surface area (Å²) in [4.78, 5) is 30.5. The lowest BCUT2D eigenvalue weighted by molar-refractivity contribution is -0.385. The van der Waals surface area contributed by atoms with Crippen LogP contribution in [-0.4, -0.2) is 30.5 Å². The van der Waals surface area contributed by atoms with Crippen molar-refractivity contribution in [1.29, 1.82) is 0 Å². The molecule has 104 valence electrons. The van der Waals surface area contributed by atoms with Crippen LogP contribution in [0.1, 0.15) is 35.0 Å². The molecular weight excluding hydrogens is 262 g/mol. The number of carbonyl (C=O) groups is 1. The molecule has 0 amide bonds. The van der Waals surface area contributed by atoms with E-state index < -0.39 is 11.0 Å². The van der Waals surface area contributed by atoms with Crippen molar-refractivity contribution < 1.29 is 9.72 Å². The first-order valence-corrected chi connectivity index (χ1v) is 5.93. The fourth-order valence-corrected chi connectivity index (χ4v) is 1.78. The van der Waals surface area contributed by atoms with E-state index in [-0.39, 0.29) is 17.3 Å². The predicted octanol–water partition coefficient (Wildman–Crippen LogP) is 1.64. The Morgan fingerprint density at radius 2 is 1.95 bits per heavy atom. The third kappa shape index (κ3) is 2.68. The zero-order valence-corrected chi connectivity index (χ0v) is 11.3. The van der Waals surface area contributed by atoms with Crippen LogP contribution in [0.3, 0.4) is 0 Å². The highest BCUT2D eigenvalue weighted by molar-refractivity contribution is 5.95. The first-order valence-electron chi connectivity index (χ1n) is 5.93. The van der Waals surface area contributed by atoms with E-state index in [2.05, 4.69) is 15.1 Å². The number of Topliss-reactive ketones (excluding diaryl/α,β-unsaturated/α-hetero) is 1. The molecule has 0 saturated heterocycles. The first-order chi connectivity index (χ1) is 9.38. The van der Waals surface area contributed by atoms with Crippen molar-refractivity contribution in [2.75, 3.05) is 0 Å². The second-order valence-corrected chi connectivity index (χ2v) is 4.45. The Hall–Kier alpha value is -2.64. The van der Waals surface area contributed by atoms with Crippen LogP contribution in [0.15, 0.2) is 18.5 Å². The van der Waals surface area contributed by atoms with Gasteiger partial charge in [-0.3, -0.25) is 19.6 Å². The quantitative estimate of drug-likeness (QED) is 0.477. The molecule has 2 rings (SSSR count). The molecule has 0 spiro atoms. The Morgan fingerprint density at radius 1 is 1.35 bits per heavy atom. The topological polar surface area (TPSA) is 104 Å². The molecule has 0 saturated carbocycles. The van der Waals surface area contributed by atoms with Crippen LogP contribution in [0.25, 0.3) is 0 Å². The molecule has 0 radical (unpaired) electrons. The number of rotatable bonds is 4. The second-order valence-electron chi connectivity index (χ2n) is 4.45. The normalized spacial score (nSPS) is 12.2. The highest BCUT2D eigenvalue weighted by Gasteiger charge is 2.22. The van der Waals surface area contributed by atoms with E-state index in [1.165, 1.54) is 10.9 Å². The van der Waals surface area contributed by atoms with E-state index in [4.69, 9.17) is 0 Å². The van der Waals surface area contributed by atoms with E-state index >= 15 is 0 Å². The molecule has 8 heteroatoms. The number of nitrogens with zero attached hydrogens (tertiary/aromatic N) is 5. The minimum atomic E-state index is -0.704. The summed E-state index contributed by atoms with van der Waals surface area (Å²) >= 11 is 0. The zero-order chi connectivity index (χ0) is 14.9. The molecule has 0 N–H and O–H groups in total. The maximum absolute atomic E-state index is 12.3. The summed E-state index contributed by atoms with van der Waals surface area (Å²) in [6.45, 7) is 5.14. The Labute approximate surface area is 114 Å². The van der Waals surface area contributed by atoms with Gasteiger partial charge in [-0.05, 0) is 26.8 Å². The Morgan fingerprint density at radius 3 is 2.45 bits per heavy atom. The van der Waals surface area contributed by atoms with E-state index in [0.29, 0.717) is 11.4 Å². The van der Waals surface area contributed by atoms with Gasteiger partial charge in [0.15, 0.2) is 5.82 Å². The molecule has 0 aliphatic rings. The molecule has 0 aliphatic heterocycles. The monoisotopic (exact) mass is 275 g/mol. The van der Waals surface area contributed by atoms with Gasteiger partial charge in [-0.25, -0.2) is 9.97 Å². The van der Waals surface area contributed by atoms with Gasteiger partial charge in [0.1, 0.15) is 18.4 Å². The summed E-state index contributed by atoms with van der Waals surface area (Å²) in [7, 11) is 0. The molecule has 8 nitrogen and oxygen atoms in total. The predicted molar refractivity (Wildman–Crippen MR) is 69.4 cm³/mol. The maximum Gasteiger partial charge on any atom is 0.307 e. The summed E-state index contributed by atoms with van der Waals surface area (Å²) in [5.41, 5.74) is 1.23. The first kappa shape index (κ1) is 13.8. The highest BCUT2D eigenvalue weighted by atomic mass is 16.6. The lowest BCUT2D eigenvalue weighted by Crippen LogP contribution is -2.20. The Balaban J connectivity index is 2.29. The van der Waals surface area contributed by atoms with Gasteiger partial charge >= 0.3 is 5.69 Å². The minimum absolute atomic E-state index is 0.0909. The van der Waals surface area contributed by atoms with Crippen molar-refractivity contribution in [1.82, 2.24) is 19.7 Å². The van der Waals surface area contributed by atoms with Gasteiger partial charge < -0.3 is 0 Å². The number of hydrogen-bond acceptors (Lipinski definition) is 6. The molecule has 20 heavy (non-hydrogen) atoms. The number of hydrogen-bond donors (Lipinski definition) is 0. The third-order valence-electron chi connectivity index (χ3n) is 2.78. The third-order valence-corrected chi connectivity index (χ3v) is 2.78. The van der Waals surface area contributed by atoms with Gasteiger partial charge in [0.2, 0.25) is 5.78 Å². The van der Waals surface area contributed by atoms with Crippen molar-refractivity contribution in [3.05, 3.63) is 45.8 Å². The van der Waals surface area contributed by atoms with Crippen LogP contribution in [0.2, 0.25) is 0 Å². The van der Waals surface area contributed by atoms with E-state index in [9.17, 15) is 14.9 Å². The summed E-state index contributed by atoms with van der Waals surface area (Å²) in [6, 6.07) is 1.06. The van der Waals surface area contributed by atoms with E-state index in [1.807, 2.05) is 0 Å². The minimum Gasteiger partial charge on any atom is -0.288 e. The van der Waals surface area contributed by atoms with Crippen LogP contribution in [0.4, 0.5) is 5.69 Å². The number of ketones is 1. The van der Waals surface area contributed by atoms with Gasteiger partial charge in [0.25, 0.3) is 0 Å². The molecule has 1 atom stereocenters. The number of carbonyl (C=O) groups excluding carboxylic acids is 1. The number of aryl methyl sites for hydroxylation is 2. The lowest BCUT2D eigenvalue weighted by Gasteiger charge is -2.10. The largest absolute Gasteiger partial charge is 0.307 e. The fraction of sp³-hybridized carbons (Fsp3) is 0.333.